The predicted octanol–water partition coefficient (Wildman–Crippen LogP) is 2.47. The van der Waals surface area contributed by atoms with Gasteiger partial charge in [-0.25, -0.2) is 0 Å². The molecule has 0 saturated carbocycles. The van der Waals surface area contributed by atoms with Gasteiger partial charge in [0.2, 0.25) is 0 Å². The largest absolute Gasteiger partial charge is 0.353 e. The molecule has 1 N–H and O–H groups in total. The number of pyridine rings is 1. The zero-order valence-electron chi connectivity index (χ0n) is 5.05. The van der Waals surface area contributed by atoms with E-state index in [1.54, 1.807) is 11.8 Å². The number of rotatable bonds is 1. The van der Waals surface area contributed by atoms with Crippen LogP contribution >= 0.6 is 24.0 Å². The van der Waals surface area contributed by atoms with Crippen molar-refractivity contribution in [3.8, 4) is 0 Å². The summed E-state index contributed by atoms with van der Waals surface area (Å²) in [5.74, 6) is 0. The predicted molar refractivity (Wildman–Crippen MR) is 43.4 cm³/mol. The molecule has 0 bridgehead atoms. The summed E-state index contributed by atoms with van der Waals surface area (Å²) in [5.41, 5.74) is 0. The molecule has 1 aromatic heterocycles. The van der Waals surface area contributed by atoms with Gasteiger partial charge >= 0.3 is 0 Å². The van der Waals surface area contributed by atoms with Crippen LogP contribution in [0.4, 0.5) is 0 Å². The fourth-order valence-electron chi connectivity index (χ4n) is 0.552. The fourth-order valence-corrected chi connectivity index (χ4v) is 1.26. The van der Waals surface area contributed by atoms with Gasteiger partial charge in [0.25, 0.3) is 0 Å². The number of thioether (sulfide) groups is 1. The highest BCUT2D eigenvalue weighted by atomic mass is 32.2. The van der Waals surface area contributed by atoms with Crippen LogP contribution in [0, 0.1) is 4.64 Å². The Morgan fingerprint density at radius 1 is 1.67 bits per heavy atom. The number of hydrogen-bond acceptors (Lipinski definition) is 2. The van der Waals surface area contributed by atoms with Gasteiger partial charge in [0, 0.05) is 11.1 Å². The number of aromatic amines is 1. The first-order chi connectivity index (χ1) is 4.33. The second kappa shape index (κ2) is 3.03. The van der Waals surface area contributed by atoms with E-state index in [0.717, 1.165) is 4.64 Å². The van der Waals surface area contributed by atoms with Gasteiger partial charge in [0.1, 0.15) is 4.64 Å². The summed E-state index contributed by atoms with van der Waals surface area (Å²) in [4.78, 5) is 4.11. The summed E-state index contributed by atoms with van der Waals surface area (Å²) >= 11 is 6.59. The molecule has 0 saturated heterocycles. The molecule has 48 valence electrons. The molecule has 0 spiro atoms. The molecule has 0 radical (unpaired) electrons. The lowest BCUT2D eigenvalue weighted by Gasteiger charge is -1.91. The van der Waals surface area contributed by atoms with Gasteiger partial charge in [-0.1, -0.05) is 12.2 Å². The second-order valence-electron chi connectivity index (χ2n) is 1.59. The third-order valence-corrected chi connectivity index (χ3v) is 1.94. The van der Waals surface area contributed by atoms with Crippen molar-refractivity contribution in [2.45, 2.75) is 4.90 Å². The smallest absolute Gasteiger partial charge is 0.104 e. The average Bonchev–Trinajstić information content (AvgIpc) is 1.88. The number of hydrogen-bond donors (Lipinski definition) is 1. The molecule has 0 aliphatic carbocycles. The molecule has 1 aromatic rings. The van der Waals surface area contributed by atoms with E-state index in [2.05, 4.69) is 4.98 Å². The van der Waals surface area contributed by atoms with Crippen LogP contribution in [-0.4, -0.2) is 11.2 Å². The fraction of sp³-hybridized carbons (Fsp3) is 0.167. The number of nitrogens with one attached hydrogen (secondary N) is 1. The van der Waals surface area contributed by atoms with Crippen LogP contribution in [0.2, 0.25) is 0 Å². The lowest BCUT2D eigenvalue weighted by atomic mass is 10.5. The molecule has 0 amide bonds. The van der Waals surface area contributed by atoms with Crippen LogP contribution in [0.15, 0.2) is 23.2 Å². The Kier molecular flexibility index (Phi) is 2.30. The van der Waals surface area contributed by atoms with E-state index in [1.807, 2.05) is 24.6 Å². The Bertz CT molecular complexity index is 241. The third kappa shape index (κ3) is 1.84. The van der Waals surface area contributed by atoms with Crippen molar-refractivity contribution in [1.29, 1.82) is 0 Å². The molecule has 0 aromatic carbocycles. The Morgan fingerprint density at radius 3 is 2.89 bits per heavy atom. The van der Waals surface area contributed by atoms with Gasteiger partial charge < -0.3 is 4.98 Å². The number of aromatic nitrogens is 1. The highest BCUT2D eigenvalue weighted by Gasteiger charge is 1.84. The molecule has 9 heavy (non-hydrogen) atoms. The van der Waals surface area contributed by atoms with Crippen LogP contribution in [-0.2, 0) is 0 Å². The lowest BCUT2D eigenvalue weighted by Crippen LogP contribution is -1.72. The molecular formula is C6H7NS2. The molecule has 0 atom stereocenters. The first kappa shape index (κ1) is 6.83. The van der Waals surface area contributed by atoms with E-state index in [0.29, 0.717) is 0 Å². The van der Waals surface area contributed by atoms with Crippen LogP contribution in [0.5, 0.6) is 0 Å². The van der Waals surface area contributed by atoms with Crippen LogP contribution in [0.1, 0.15) is 0 Å². The molecule has 0 aliphatic rings. The Hall–Kier alpha value is -0.280. The van der Waals surface area contributed by atoms with Gasteiger partial charge in [-0.05, 0) is 18.4 Å². The van der Waals surface area contributed by atoms with Crippen molar-refractivity contribution < 1.29 is 0 Å². The van der Waals surface area contributed by atoms with E-state index in [1.165, 1.54) is 4.90 Å². The van der Waals surface area contributed by atoms with E-state index in [-0.39, 0.29) is 0 Å². The minimum Gasteiger partial charge on any atom is -0.353 e. The Morgan fingerprint density at radius 2 is 2.44 bits per heavy atom. The van der Waals surface area contributed by atoms with Crippen molar-refractivity contribution in [3.63, 3.8) is 0 Å². The van der Waals surface area contributed by atoms with Gasteiger partial charge in [0.15, 0.2) is 0 Å². The average molecular weight is 157 g/mol. The van der Waals surface area contributed by atoms with Crippen LogP contribution < -0.4 is 0 Å². The minimum atomic E-state index is 0.793. The maximum absolute atomic E-state index is 4.90. The topological polar surface area (TPSA) is 15.8 Å². The van der Waals surface area contributed by atoms with E-state index in [4.69, 9.17) is 12.2 Å². The highest BCUT2D eigenvalue weighted by molar-refractivity contribution is 7.98. The van der Waals surface area contributed by atoms with E-state index < -0.39 is 0 Å². The summed E-state index contributed by atoms with van der Waals surface area (Å²) in [6, 6.07) is 3.94. The standard InChI is InChI=1S/C6H7NS2/c1-9-5-2-3-7-6(8)4-5/h2-4H,1H3,(H,7,8). The lowest BCUT2D eigenvalue weighted by molar-refractivity contribution is 1.24. The summed E-state index contributed by atoms with van der Waals surface area (Å²) in [6.45, 7) is 0. The maximum Gasteiger partial charge on any atom is 0.104 e. The normalized spacial score (nSPS) is 9.44. The second-order valence-corrected chi connectivity index (χ2v) is 2.91. The SMILES string of the molecule is CSc1cc[nH]c(=S)c1. The maximum atomic E-state index is 4.90. The van der Waals surface area contributed by atoms with Gasteiger partial charge in [-0.3, -0.25) is 0 Å². The Balaban J connectivity index is 3.08. The zero-order valence-corrected chi connectivity index (χ0v) is 6.68. The highest BCUT2D eigenvalue weighted by Crippen LogP contribution is 2.11. The monoisotopic (exact) mass is 157 g/mol. The van der Waals surface area contributed by atoms with Crippen LogP contribution in [0.25, 0.3) is 0 Å². The molecule has 0 fully saturated rings. The first-order valence-corrected chi connectivity index (χ1v) is 4.19. The molecule has 1 nitrogen and oxygen atoms in total. The van der Waals surface area contributed by atoms with Crippen molar-refractivity contribution in [2.24, 2.45) is 0 Å². The minimum absolute atomic E-state index is 0.793. The zero-order chi connectivity index (χ0) is 6.69. The third-order valence-electron chi connectivity index (χ3n) is 0.982. The quantitative estimate of drug-likeness (QED) is 0.498. The first-order valence-electron chi connectivity index (χ1n) is 2.55. The molecule has 0 unspecified atom stereocenters. The molecular weight excluding hydrogens is 150 g/mol. The molecule has 0 aliphatic heterocycles. The van der Waals surface area contributed by atoms with Crippen LogP contribution in [0.3, 0.4) is 0 Å². The van der Waals surface area contributed by atoms with Crippen molar-refractivity contribution in [3.05, 3.63) is 23.0 Å². The van der Waals surface area contributed by atoms with Crippen molar-refractivity contribution >= 4 is 24.0 Å². The summed E-state index contributed by atoms with van der Waals surface area (Å²) in [6.07, 6.45) is 3.89. The summed E-state index contributed by atoms with van der Waals surface area (Å²) < 4.78 is 0.793. The van der Waals surface area contributed by atoms with E-state index >= 15 is 0 Å². The van der Waals surface area contributed by atoms with Gasteiger partial charge in [-0.2, -0.15) is 0 Å². The van der Waals surface area contributed by atoms with E-state index in [9.17, 15) is 0 Å². The molecule has 3 heteroatoms. The summed E-state index contributed by atoms with van der Waals surface area (Å²) in [7, 11) is 0. The Labute approximate surface area is 63.5 Å². The molecule has 1 rings (SSSR count). The number of H-pyrrole nitrogens is 1. The molecule has 1 heterocycles. The van der Waals surface area contributed by atoms with Gasteiger partial charge in [0.05, 0.1) is 0 Å². The van der Waals surface area contributed by atoms with Gasteiger partial charge in [-0.15, -0.1) is 11.8 Å². The summed E-state index contributed by atoms with van der Waals surface area (Å²) in [5, 5.41) is 0. The van der Waals surface area contributed by atoms with Crippen molar-refractivity contribution in [1.82, 2.24) is 4.98 Å². The van der Waals surface area contributed by atoms with Crippen molar-refractivity contribution in [2.75, 3.05) is 6.26 Å².